The molecule has 4 amide bonds. The van der Waals surface area contributed by atoms with Crippen LogP contribution in [0.5, 0.6) is 0 Å². The zero-order valence-electron chi connectivity index (χ0n) is 37.2. The van der Waals surface area contributed by atoms with E-state index >= 15 is 0 Å². The summed E-state index contributed by atoms with van der Waals surface area (Å²) in [6.07, 6.45) is -31.1. The minimum Gasteiger partial charge on any atom is -0.507 e. The van der Waals surface area contributed by atoms with E-state index in [9.17, 15) is 90.7 Å². The lowest BCUT2D eigenvalue weighted by Gasteiger charge is -2.45. The molecule has 0 radical (unpaired) electrons. The van der Waals surface area contributed by atoms with Crippen molar-refractivity contribution in [3.05, 3.63) is 22.9 Å². The van der Waals surface area contributed by atoms with E-state index in [2.05, 4.69) is 21.3 Å². The highest BCUT2D eigenvalue weighted by molar-refractivity contribution is 5.76. The van der Waals surface area contributed by atoms with Crippen LogP contribution >= 0.6 is 0 Å². The van der Waals surface area contributed by atoms with Crippen molar-refractivity contribution in [3.8, 4) is 0 Å². The fraction of sp³-hybridized carbons (Fsp3) is 0.789. The first-order chi connectivity index (χ1) is 32.0. The smallest absolute Gasteiger partial charge is 0.221 e. The minimum absolute atomic E-state index is 0.513. The first-order valence-corrected chi connectivity index (χ1v) is 21.1. The quantitative estimate of drug-likeness (QED) is 0.0334. The fourth-order valence-electron chi connectivity index (χ4n) is 7.37. The number of nitrogens with one attached hydrogen (secondary N) is 4. The molecule has 0 aromatic carbocycles. The third-order valence-corrected chi connectivity index (χ3v) is 10.6. The van der Waals surface area contributed by atoms with E-state index in [1.807, 2.05) is 0 Å². The van der Waals surface area contributed by atoms with E-state index in [0.29, 0.717) is 0 Å². The normalized spacial score (nSPS) is 34.6. The number of ether oxygens (including phenoxy) is 7. The molecule has 3 fully saturated rings. The Morgan fingerprint density at radius 1 is 0.544 bits per heavy atom. The van der Waals surface area contributed by atoms with Crippen LogP contribution in [0, 0.1) is 0 Å². The van der Waals surface area contributed by atoms with Gasteiger partial charge in [0.1, 0.15) is 102 Å². The Kier molecular flexibility index (Phi) is 23.2. The Balaban J connectivity index is 2.00. The van der Waals surface area contributed by atoms with Crippen molar-refractivity contribution in [3.63, 3.8) is 0 Å². The summed E-state index contributed by atoms with van der Waals surface area (Å²) in [4.78, 5) is 48.9. The van der Waals surface area contributed by atoms with Crippen molar-refractivity contribution in [2.24, 2.45) is 5.73 Å². The highest BCUT2D eigenvalue weighted by Crippen LogP contribution is 2.31. The van der Waals surface area contributed by atoms with Crippen LogP contribution in [0.2, 0.25) is 0 Å². The molecule has 3 aliphatic heterocycles. The van der Waals surface area contributed by atoms with Crippen LogP contribution in [0.25, 0.3) is 0 Å². The summed E-state index contributed by atoms with van der Waals surface area (Å²) in [5.74, 6) is -5.65. The molecule has 0 saturated carbocycles. The molecule has 68 heavy (non-hydrogen) atoms. The fourth-order valence-corrected chi connectivity index (χ4v) is 7.37. The lowest BCUT2D eigenvalue weighted by molar-refractivity contribution is -0.303. The average molecular weight is 992 g/mol. The standard InChI is InChI=1S/C38H65N5O25/c1-12(49)40-22(26(53)16(5-7-44)63-37-21(39)29(56)28(55)18(9-46)65-37)36(61)68-33-20(11-48)66-38(25(31(33)58)43-15(4)52)64-17(6-8-45)27(54)23(41-13(2)50)35(60)67-32-19(10-47)62-34(59)24(30(32)57)42-14(3)51/h16-21,24-25,28-38,44-48,53-61H,5-11,39H2,1-4H3,(H,40,49)(H,41,50)(H,42,51)(H,43,52)/b26-22-,27-23-. The Bertz CT molecular complexity index is 1730. The maximum atomic E-state index is 12.5. The molecule has 392 valence electrons. The Morgan fingerprint density at radius 2 is 0.941 bits per heavy atom. The molecule has 0 bridgehead atoms. The third-order valence-electron chi connectivity index (χ3n) is 10.6. The van der Waals surface area contributed by atoms with Crippen molar-refractivity contribution in [1.29, 1.82) is 0 Å². The molecule has 3 heterocycles. The number of hydrogen-bond donors (Lipinski definition) is 19. The van der Waals surface area contributed by atoms with Gasteiger partial charge in [-0.3, -0.25) is 19.2 Å². The molecule has 3 aliphatic rings. The van der Waals surface area contributed by atoms with Crippen LogP contribution in [0.3, 0.4) is 0 Å². The van der Waals surface area contributed by atoms with Crippen molar-refractivity contribution in [1.82, 2.24) is 21.3 Å². The second-order valence-electron chi connectivity index (χ2n) is 15.8. The second kappa shape index (κ2) is 26.9. The monoisotopic (exact) mass is 991 g/mol. The van der Waals surface area contributed by atoms with Crippen molar-refractivity contribution in [2.75, 3.05) is 33.0 Å². The van der Waals surface area contributed by atoms with Gasteiger partial charge in [-0.05, 0) is 0 Å². The van der Waals surface area contributed by atoms with Crippen molar-refractivity contribution in [2.45, 2.75) is 157 Å². The van der Waals surface area contributed by atoms with E-state index in [4.69, 9.17) is 38.9 Å². The lowest BCUT2D eigenvalue weighted by atomic mass is 9.96. The Hall–Kier alpha value is -3.84. The molecular weight excluding hydrogens is 926 g/mol. The van der Waals surface area contributed by atoms with Crippen LogP contribution < -0.4 is 27.0 Å². The molecule has 0 aromatic rings. The number of amides is 4. The van der Waals surface area contributed by atoms with Gasteiger partial charge in [-0.25, -0.2) is 0 Å². The molecule has 0 aliphatic carbocycles. The molecule has 0 aromatic heterocycles. The number of nitrogens with two attached hydrogens (primary N) is 1. The third kappa shape index (κ3) is 15.1. The number of aliphatic hydroxyl groups is 14. The van der Waals surface area contributed by atoms with Gasteiger partial charge in [0.05, 0.1) is 25.9 Å². The van der Waals surface area contributed by atoms with Gasteiger partial charge in [0, 0.05) is 53.8 Å². The van der Waals surface area contributed by atoms with Gasteiger partial charge in [-0.1, -0.05) is 0 Å². The van der Waals surface area contributed by atoms with E-state index in [1.54, 1.807) is 0 Å². The predicted molar refractivity (Wildman–Crippen MR) is 219 cm³/mol. The number of carbonyl (C=O) groups excluding carboxylic acids is 4. The minimum atomic E-state index is -2.50. The van der Waals surface area contributed by atoms with E-state index < -0.39 is 209 Å². The highest BCUT2D eigenvalue weighted by atomic mass is 16.7. The van der Waals surface area contributed by atoms with Gasteiger partial charge in [0.2, 0.25) is 23.6 Å². The van der Waals surface area contributed by atoms with Gasteiger partial charge in [-0.15, -0.1) is 0 Å². The molecule has 19 unspecified atom stereocenters. The zero-order chi connectivity index (χ0) is 51.3. The summed E-state index contributed by atoms with van der Waals surface area (Å²) < 4.78 is 39.1. The molecule has 3 saturated heterocycles. The van der Waals surface area contributed by atoms with E-state index in [-0.39, 0.29) is 0 Å². The van der Waals surface area contributed by atoms with Gasteiger partial charge in [-0.2, -0.15) is 0 Å². The highest BCUT2D eigenvalue weighted by Gasteiger charge is 2.51. The topological polar surface area (TPSA) is 490 Å². The Morgan fingerprint density at radius 3 is 1.35 bits per heavy atom. The summed E-state index contributed by atoms with van der Waals surface area (Å²) in [5, 5.41) is 158. The number of rotatable bonds is 23. The lowest BCUT2D eigenvalue weighted by Crippen LogP contribution is -2.66. The van der Waals surface area contributed by atoms with Gasteiger partial charge >= 0.3 is 0 Å². The molecule has 3 rings (SSSR count). The SMILES string of the molecule is CC(=O)N/C(=C(\O)C(CCO)OC1OC(CO)C(O)C(O)C1N)C(O)OC1C(CO)OC(OC(CCO)/C(O)=C(/NC(C)=O)C(O)OC2C(CO)OC(O)C(NC(C)=O)C2O)C(NC(C)=O)C1O. The van der Waals surface area contributed by atoms with Gasteiger partial charge < -0.3 is 132 Å². The van der Waals surface area contributed by atoms with Crippen LogP contribution in [0.1, 0.15) is 40.5 Å². The predicted octanol–water partition coefficient (Wildman–Crippen LogP) is -9.34. The number of hydrogen-bond acceptors (Lipinski definition) is 26. The van der Waals surface area contributed by atoms with Crippen LogP contribution in [0.15, 0.2) is 22.9 Å². The van der Waals surface area contributed by atoms with Crippen LogP contribution in [-0.2, 0) is 52.3 Å². The average Bonchev–Trinajstić information content (AvgIpc) is 3.27. The van der Waals surface area contributed by atoms with E-state index in [1.165, 1.54) is 0 Å². The van der Waals surface area contributed by atoms with Gasteiger partial charge in [0.25, 0.3) is 0 Å². The van der Waals surface area contributed by atoms with E-state index in [0.717, 1.165) is 27.7 Å². The first kappa shape index (κ1) is 58.5. The molecular formula is C38H65N5O25. The van der Waals surface area contributed by atoms with Crippen LogP contribution in [0.4, 0.5) is 0 Å². The summed E-state index contributed by atoms with van der Waals surface area (Å²) >= 11 is 0. The largest absolute Gasteiger partial charge is 0.507 e. The van der Waals surface area contributed by atoms with Crippen molar-refractivity contribution >= 4 is 23.6 Å². The van der Waals surface area contributed by atoms with Crippen LogP contribution in [-0.4, -0.2) is 245 Å². The summed E-state index contributed by atoms with van der Waals surface area (Å²) in [6.45, 7) is -0.459. The maximum absolute atomic E-state index is 12.5. The summed E-state index contributed by atoms with van der Waals surface area (Å²) in [7, 11) is 0. The molecule has 19 atom stereocenters. The second-order valence-corrected chi connectivity index (χ2v) is 15.8. The number of carbonyl (C=O) groups is 4. The molecule has 30 nitrogen and oxygen atoms in total. The van der Waals surface area contributed by atoms with Crippen molar-refractivity contribution < 1.29 is 124 Å². The molecule has 20 N–H and O–H groups in total. The zero-order valence-corrected chi connectivity index (χ0v) is 37.2. The Labute approximate surface area is 387 Å². The summed E-state index contributed by atoms with van der Waals surface area (Å²) in [5.41, 5.74) is 4.15. The maximum Gasteiger partial charge on any atom is 0.221 e. The molecule has 30 heteroatoms. The first-order valence-electron chi connectivity index (χ1n) is 21.1. The molecule has 0 spiro atoms. The summed E-state index contributed by atoms with van der Waals surface area (Å²) in [6, 6.07) is -4.88. The number of aliphatic hydroxyl groups excluding tert-OH is 14. The van der Waals surface area contributed by atoms with Gasteiger partial charge in [0.15, 0.2) is 31.5 Å².